The minimum Gasteiger partial charge on any atom is -0.314 e. The predicted molar refractivity (Wildman–Crippen MR) is 60.2 cm³/mol. The van der Waals surface area contributed by atoms with Crippen LogP contribution in [-0.4, -0.2) is 33.8 Å². The first-order valence-corrected chi connectivity index (χ1v) is 6.34. The van der Waals surface area contributed by atoms with Gasteiger partial charge in [0.05, 0.1) is 17.6 Å². The largest absolute Gasteiger partial charge is 0.314 e. The molecule has 0 aromatic carbocycles. The Hall–Kier alpha value is -1.14. The van der Waals surface area contributed by atoms with Crippen LogP contribution in [0.25, 0.3) is 0 Å². The smallest absolute Gasteiger partial charge is 0.232 e. The molecule has 0 saturated heterocycles. The lowest BCUT2D eigenvalue weighted by Crippen LogP contribution is -2.27. The Kier molecular flexibility index (Phi) is 3.65. The van der Waals surface area contributed by atoms with Gasteiger partial charge in [-0.25, -0.2) is 8.42 Å². The van der Waals surface area contributed by atoms with E-state index in [-0.39, 0.29) is 0 Å². The molecule has 1 rings (SSSR count). The van der Waals surface area contributed by atoms with Crippen molar-refractivity contribution in [2.45, 2.75) is 6.54 Å². The van der Waals surface area contributed by atoms with Crippen molar-refractivity contribution < 1.29 is 8.42 Å². The van der Waals surface area contributed by atoms with Gasteiger partial charge in [-0.1, -0.05) is 0 Å². The molecule has 0 aliphatic carbocycles. The molecule has 0 aliphatic heterocycles. The number of rotatable bonds is 4. The van der Waals surface area contributed by atoms with Crippen LogP contribution in [0.1, 0.15) is 5.69 Å². The Balaban J connectivity index is 3.13. The van der Waals surface area contributed by atoms with Gasteiger partial charge in [0.15, 0.2) is 0 Å². The summed E-state index contributed by atoms with van der Waals surface area (Å²) in [5, 5.41) is 2.95. The van der Waals surface area contributed by atoms with E-state index in [4.69, 9.17) is 0 Å². The molecular weight excluding hydrogens is 214 g/mol. The van der Waals surface area contributed by atoms with Crippen LogP contribution in [0.4, 0.5) is 5.69 Å². The van der Waals surface area contributed by atoms with E-state index >= 15 is 0 Å². The third-order valence-electron chi connectivity index (χ3n) is 2.05. The third kappa shape index (κ3) is 2.90. The number of hydrogen-bond donors (Lipinski definition) is 1. The fourth-order valence-corrected chi connectivity index (χ4v) is 1.72. The molecule has 0 saturated carbocycles. The highest BCUT2D eigenvalue weighted by Crippen LogP contribution is 2.18. The number of sulfonamides is 1. The SMILES string of the molecule is CNCc1ncccc1N(C)S(C)(=O)=O. The molecule has 0 radical (unpaired) electrons. The molecule has 1 aromatic rings. The van der Waals surface area contributed by atoms with Gasteiger partial charge in [0.25, 0.3) is 0 Å². The molecule has 0 fully saturated rings. The summed E-state index contributed by atoms with van der Waals surface area (Å²) in [5.74, 6) is 0. The fourth-order valence-electron chi connectivity index (χ4n) is 1.20. The lowest BCUT2D eigenvalue weighted by molar-refractivity contribution is 0.600. The van der Waals surface area contributed by atoms with Crippen molar-refractivity contribution in [3.63, 3.8) is 0 Å². The van der Waals surface area contributed by atoms with E-state index in [1.54, 1.807) is 25.4 Å². The normalized spacial score (nSPS) is 11.4. The van der Waals surface area contributed by atoms with Crippen LogP contribution in [0.15, 0.2) is 18.3 Å². The van der Waals surface area contributed by atoms with Crippen LogP contribution in [0.2, 0.25) is 0 Å². The summed E-state index contributed by atoms with van der Waals surface area (Å²) in [7, 11) is 0.0788. The summed E-state index contributed by atoms with van der Waals surface area (Å²) in [6.07, 6.45) is 2.81. The van der Waals surface area contributed by atoms with Crippen molar-refractivity contribution in [2.24, 2.45) is 0 Å². The Morgan fingerprint density at radius 2 is 2.20 bits per heavy atom. The van der Waals surface area contributed by atoms with Gasteiger partial charge in [0, 0.05) is 19.8 Å². The van der Waals surface area contributed by atoms with Crippen molar-refractivity contribution in [1.29, 1.82) is 0 Å². The molecular formula is C9H15N3O2S. The van der Waals surface area contributed by atoms with Crippen molar-refractivity contribution >= 4 is 15.7 Å². The van der Waals surface area contributed by atoms with Crippen LogP contribution >= 0.6 is 0 Å². The summed E-state index contributed by atoms with van der Waals surface area (Å²) in [4.78, 5) is 4.13. The fraction of sp³-hybridized carbons (Fsp3) is 0.444. The second-order valence-electron chi connectivity index (χ2n) is 3.23. The molecule has 0 aliphatic rings. The number of pyridine rings is 1. The number of hydrogen-bond acceptors (Lipinski definition) is 4. The van der Waals surface area contributed by atoms with Crippen LogP contribution < -0.4 is 9.62 Å². The Morgan fingerprint density at radius 3 is 2.73 bits per heavy atom. The standard InChI is InChI=1S/C9H15N3O2S/c1-10-7-8-9(5-4-6-11-8)12(2)15(3,13)14/h4-6,10H,7H2,1-3H3. The Labute approximate surface area is 90.2 Å². The van der Waals surface area contributed by atoms with E-state index in [0.29, 0.717) is 17.9 Å². The lowest BCUT2D eigenvalue weighted by Gasteiger charge is -2.19. The molecule has 6 heteroatoms. The van der Waals surface area contributed by atoms with E-state index in [1.807, 2.05) is 0 Å². The molecule has 0 amide bonds. The highest BCUT2D eigenvalue weighted by molar-refractivity contribution is 7.92. The summed E-state index contributed by atoms with van der Waals surface area (Å²) >= 11 is 0. The van der Waals surface area contributed by atoms with Crippen molar-refractivity contribution in [3.8, 4) is 0 Å². The number of aromatic nitrogens is 1. The van der Waals surface area contributed by atoms with Gasteiger partial charge in [-0.05, 0) is 19.2 Å². The van der Waals surface area contributed by atoms with Crippen LogP contribution in [0.3, 0.4) is 0 Å². The van der Waals surface area contributed by atoms with Gasteiger partial charge >= 0.3 is 0 Å². The molecule has 1 aromatic heterocycles. The molecule has 0 atom stereocenters. The number of nitrogens with one attached hydrogen (secondary N) is 1. The van der Waals surface area contributed by atoms with E-state index in [0.717, 1.165) is 0 Å². The lowest BCUT2D eigenvalue weighted by atomic mass is 10.3. The molecule has 1 heterocycles. The van der Waals surface area contributed by atoms with Crippen molar-refractivity contribution in [2.75, 3.05) is 24.7 Å². The van der Waals surface area contributed by atoms with Crippen LogP contribution in [0, 0.1) is 0 Å². The quantitative estimate of drug-likeness (QED) is 0.801. The Morgan fingerprint density at radius 1 is 1.53 bits per heavy atom. The van der Waals surface area contributed by atoms with E-state index < -0.39 is 10.0 Å². The van der Waals surface area contributed by atoms with Gasteiger partial charge in [0.2, 0.25) is 10.0 Å². The topological polar surface area (TPSA) is 62.3 Å². The second kappa shape index (κ2) is 4.59. The second-order valence-corrected chi connectivity index (χ2v) is 5.24. The van der Waals surface area contributed by atoms with Gasteiger partial charge in [0.1, 0.15) is 0 Å². The van der Waals surface area contributed by atoms with E-state index in [9.17, 15) is 8.42 Å². The zero-order valence-electron chi connectivity index (χ0n) is 9.06. The monoisotopic (exact) mass is 229 g/mol. The summed E-state index contributed by atoms with van der Waals surface area (Å²) < 4.78 is 24.0. The van der Waals surface area contributed by atoms with Gasteiger partial charge < -0.3 is 5.32 Å². The summed E-state index contributed by atoms with van der Waals surface area (Å²) in [6, 6.07) is 3.46. The maximum atomic E-state index is 11.4. The first kappa shape index (κ1) is 11.9. The van der Waals surface area contributed by atoms with E-state index in [2.05, 4.69) is 10.3 Å². The highest BCUT2D eigenvalue weighted by Gasteiger charge is 2.15. The summed E-state index contributed by atoms with van der Waals surface area (Å²) in [5.41, 5.74) is 1.32. The van der Waals surface area contributed by atoms with Crippen molar-refractivity contribution in [1.82, 2.24) is 10.3 Å². The average molecular weight is 229 g/mol. The average Bonchev–Trinajstić information content (AvgIpc) is 2.17. The molecule has 15 heavy (non-hydrogen) atoms. The van der Waals surface area contributed by atoms with E-state index in [1.165, 1.54) is 17.6 Å². The molecule has 1 N–H and O–H groups in total. The minimum atomic E-state index is -3.23. The zero-order chi connectivity index (χ0) is 11.5. The summed E-state index contributed by atoms with van der Waals surface area (Å²) in [6.45, 7) is 0.538. The molecule has 0 unspecified atom stereocenters. The maximum absolute atomic E-state index is 11.4. The zero-order valence-corrected chi connectivity index (χ0v) is 9.87. The molecule has 0 bridgehead atoms. The minimum absolute atomic E-state index is 0.538. The van der Waals surface area contributed by atoms with Gasteiger partial charge in [-0.3, -0.25) is 9.29 Å². The van der Waals surface area contributed by atoms with Crippen LogP contribution in [-0.2, 0) is 16.6 Å². The third-order valence-corrected chi connectivity index (χ3v) is 3.24. The van der Waals surface area contributed by atoms with Crippen LogP contribution in [0.5, 0.6) is 0 Å². The number of anilines is 1. The van der Waals surface area contributed by atoms with Gasteiger partial charge in [-0.15, -0.1) is 0 Å². The first-order chi connectivity index (χ1) is 6.96. The van der Waals surface area contributed by atoms with Gasteiger partial charge in [-0.2, -0.15) is 0 Å². The molecule has 5 nitrogen and oxygen atoms in total. The maximum Gasteiger partial charge on any atom is 0.232 e. The first-order valence-electron chi connectivity index (χ1n) is 4.49. The highest BCUT2D eigenvalue weighted by atomic mass is 32.2. The Bertz CT molecular complexity index is 431. The number of nitrogens with zero attached hydrogens (tertiary/aromatic N) is 2. The molecule has 0 spiro atoms. The molecule has 84 valence electrons. The van der Waals surface area contributed by atoms with Crippen molar-refractivity contribution in [3.05, 3.63) is 24.0 Å². The predicted octanol–water partition coefficient (Wildman–Crippen LogP) is 0.197.